The van der Waals surface area contributed by atoms with E-state index in [1.807, 2.05) is 0 Å². The molecule has 1 aliphatic rings. The molecule has 0 unspecified atom stereocenters. The molecule has 31 heavy (non-hydrogen) atoms. The van der Waals surface area contributed by atoms with Gasteiger partial charge in [0.25, 0.3) is 0 Å². The van der Waals surface area contributed by atoms with Gasteiger partial charge in [-0.25, -0.2) is 9.59 Å². The van der Waals surface area contributed by atoms with Crippen LogP contribution >= 0.6 is 15.9 Å². The number of aliphatic carboxylic acids is 2. The van der Waals surface area contributed by atoms with Crippen LogP contribution in [0, 0.1) is 0 Å². The van der Waals surface area contributed by atoms with Gasteiger partial charge in [0.2, 0.25) is 0 Å². The molecule has 10 heteroatoms. The van der Waals surface area contributed by atoms with E-state index in [-0.39, 0.29) is 0 Å². The normalized spacial score (nSPS) is 15.1. The molecule has 6 nitrogen and oxygen atoms in total. The lowest BCUT2D eigenvalue weighted by Gasteiger charge is -2.34. The first-order chi connectivity index (χ1) is 14.5. The van der Waals surface area contributed by atoms with Gasteiger partial charge in [0, 0.05) is 43.7 Å². The van der Waals surface area contributed by atoms with E-state index < -0.39 is 23.7 Å². The molecular weight excluding hydrogens is 481 g/mol. The Kier molecular flexibility index (Phi) is 9.02. The maximum absolute atomic E-state index is 12.6. The van der Waals surface area contributed by atoms with E-state index in [0.717, 1.165) is 42.8 Å². The molecule has 0 radical (unpaired) electrons. The molecule has 0 amide bonds. The fourth-order valence-corrected chi connectivity index (χ4v) is 3.28. The third-order valence-electron chi connectivity index (χ3n) is 4.65. The third kappa shape index (κ3) is 8.68. The summed E-state index contributed by atoms with van der Waals surface area (Å²) in [5, 5.41) is 14.8. The molecule has 1 saturated heterocycles. The van der Waals surface area contributed by atoms with Crippen LogP contribution in [0.1, 0.15) is 16.7 Å². The van der Waals surface area contributed by atoms with E-state index >= 15 is 0 Å². The van der Waals surface area contributed by atoms with Crippen LogP contribution in [0.15, 0.2) is 53.0 Å². The Balaban J connectivity index is 0.000000501. The number of carboxylic acid groups (broad SMARTS) is 2. The highest BCUT2D eigenvalue weighted by molar-refractivity contribution is 9.10. The molecule has 0 saturated carbocycles. The van der Waals surface area contributed by atoms with E-state index in [1.165, 1.54) is 17.7 Å². The maximum Gasteiger partial charge on any atom is 0.416 e. The van der Waals surface area contributed by atoms with Crippen molar-refractivity contribution in [3.63, 3.8) is 0 Å². The quantitative estimate of drug-likeness (QED) is 0.616. The van der Waals surface area contributed by atoms with Crippen LogP contribution < -0.4 is 0 Å². The van der Waals surface area contributed by atoms with Gasteiger partial charge in [0.1, 0.15) is 0 Å². The lowest BCUT2D eigenvalue weighted by atomic mass is 10.1. The second-order valence-electron chi connectivity index (χ2n) is 6.98. The van der Waals surface area contributed by atoms with Crippen LogP contribution in [0.4, 0.5) is 13.2 Å². The molecule has 2 aromatic rings. The fourth-order valence-electron chi connectivity index (χ4n) is 3.01. The van der Waals surface area contributed by atoms with Crippen LogP contribution in [-0.4, -0.2) is 58.1 Å². The molecule has 1 aliphatic heterocycles. The molecule has 0 aromatic heterocycles. The van der Waals surface area contributed by atoms with Crippen molar-refractivity contribution in [3.05, 3.63) is 69.7 Å². The first kappa shape index (κ1) is 24.8. The highest BCUT2D eigenvalue weighted by atomic mass is 79.9. The standard InChI is InChI=1S/C19H20BrF3N2.C2H2O4/c20-18-7-3-16(4-8-18)14-25-11-9-24(10-12-25)13-15-1-5-17(6-2-15)19(21,22)23;3-1(4)2(5)6/h1-8H,9-14H2;(H,3,4)(H,5,6). The number of piperazine rings is 1. The van der Waals surface area contributed by atoms with Crippen LogP contribution in [0.5, 0.6) is 0 Å². The van der Waals surface area contributed by atoms with Gasteiger partial charge in [-0.1, -0.05) is 40.2 Å². The number of hydrogen-bond acceptors (Lipinski definition) is 4. The zero-order chi connectivity index (χ0) is 23.0. The monoisotopic (exact) mass is 502 g/mol. The van der Waals surface area contributed by atoms with Crippen LogP contribution in [0.25, 0.3) is 0 Å². The minimum Gasteiger partial charge on any atom is -0.473 e. The first-order valence-corrected chi connectivity index (χ1v) is 10.2. The van der Waals surface area contributed by atoms with Crippen molar-refractivity contribution >= 4 is 27.9 Å². The van der Waals surface area contributed by atoms with Gasteiger partial charge < -0.3 is 10.2 Å². The number of rotatable bonds is 4. The predicted octanol–water partition coefficient (Wildman–Crippen LogP) is 3.94. The summed E-state index contributed by atoms with van der Waals surface area (Å²) < 4.78 is 38.9. The summed E-state index contributed by atoms with van der Waals surface area (Å²) in [4.78, 5) is 22.9. The molecule has 2 aromatic carbocycles. The molecule has 3 rings (SSSR count). The van der Waals surface area contributed by atoms with Crippen LogP contribution in [0.3, 0.4) is 0 Å². The number of carboxylic acids is 2. The van der Waals surface area contributed by atoms with E-state index in [0.29, 0.717) is 6.54 Å². The van der Waals surface area contributed by atoms with Crippen molar-refractivity contribution in [2.75, 3.05) is 26.2 Å². The Morgan fingerprint density at radius 1 is 0.774 bits per heavy atom. The number of halogens is 4. The third-order valence-corrected chi connectivity index (χ3v) is 5.18. The molecule has 0 aliphatic carbocycles. The van der Waals surface area contributed by atoms with Crippen molar-refractivity contribution in [1.82, 2.24) is 9.80 Å². The van der Waals surface area contributed by atoms with Gasteiger partial charge in [0.15, 0.2) is 0 Å². The smallest absolute Gasteiger partial charge is 0.416 e. The molecular formula is C21H22BrF3N2O4. The SMILES string of the molecule is FC(F)(F)c1ccc(CN2CCN(Cc3ccc(Br)cc3)CC2)cc1.O=C(O)C(=O)O. The molecule has 168 valence electrons. The van der Waals surface area contributed by atoms with Gasteiger partial charge >= 0.3 is 18.1 Å². The van der Waals surface area contributed by atoms with Gasteiger partial charge in [-0.15, -0.1) is 0 Å². The lowest BCUT2D eigenvalue weighted by Crippen LogP contribution is -2.45. The number of alkyl halides is 3. The fraction of sp³-hybridized carbons (Fsp3) is 0.333. The lowest BCUT2D eigenvalue weighted by molar-refractivity contribution is -0.159. The molecule has 1 heterocycles. The minimum absolute atomic E-state index is 0.587. The van der Waals surface area contributed by atoms with Gasteiger partial charge in [0.05, 0.1) is 5.56 Å². The first-order valence-electron chi connectivity index (χ1n) is 9.36. The highest BCUT2D eigenvalue weighted by Crippen LogP contribution is 2.29. The Morgan fingerprint density at radius 2 is 1.13 bits per heavy atom. The van der Waals surface area contributed by atoms with Gasteiger partial charge in [-0.3, -0.25) is 9.80 Å². The Morgan fingerprint density at radius 3 is 1.45 bits per heavy atom. The summed E-state index contributed by atoms with van der Waals surface area (Å²) in [6.45, 7) is 5.42. The van der Waals surface area contributed by atoms with Crippen LogP contribution in [-0.2, 0) is 28.9 Å². The molecule has 0 atom stereocenters. The van der Waals surface area contributed by atoms with Gasteiger partial charge in [-0.05, 0) is 35.4 Å². The van der Waals surface area contributed by atoms with Crippen LogP contribution in [0.2, 0.25) is 0 Å². The largest absolute Gasteiger partial charge is 0.473 e. The van der Waals surface area contributed by atoms with Gasteiger partial charge in [-0.2, -0.15) is 13.2 Å². The molecule has 1 fully saturated rings. The Bertz CT molecular complexity index is 854. The molecule has 2 N–H and O–H groups in total. The minimum atomic E-state index is -4.27. The maximum atomic E-state index is 12.6. The highest BCUT2D eigenvalue weighted by Gasteiger charge is 2.30. The summed E-state index contributed by atoms with van der Waals surface area (Å²) in [6, 6.07) is 13.8. The number of hydrogen-bond donors (Lipinski definition) is 2. The van der Waals surface area contributed by atoms with Crippen molar-refractivity contribution < 1.29 is 33.0 Å². The Labute approximate surface area is 186 Å². The second kappa shape index (κ2) is 11.3. The topological polar surface area (TPSA) is 81.1 Å². The number of nitrogens with zero attached hydrogens (tertiary/aromatic N) is 2. The Hall–Kier alpha value is -2.43. The summed E-state index contributed by atoms with van der Waals surface area (Å²) >= 11 is 3.44. The summed E-state index contributed by atoms with van der Waals surface area (Å²) in [5.41, 5.74) is 1.63. The zero-order valence-electron chi connectivity index (χ0n) is 16.5. The van der Waals surface area contributed by atoms with E-state index in [1.54, 1.807) is 12.1 Å². The average molecular weight is 503 g/mol. The van der Waals surface area contributed by atoms with Crippen molar-refractivity contribution in [1.29, 1.82) is 0 Å². The molecule has 0 spiro atoms. The summed E-state index contributed by atoms with van der Waals surface area (Å²) in [7, 11) is 0. The van der Waals surface area contributed by atoms with E-state index in [4.69, 9.17) is 19.8 Å². The second-order valence-corrected chi connectivity index (χ2v) is 7.90. The molecule has 0 bridgehead atoms. The van der Waals surface area contributed by atoms with Crippen molar-refractivity contribution in [3.8, 4) is 0 Å². The summed E-state index contributed by atoms with van der Waals surface area (Å²) in [5.74, 6) is -3.65. The van der Waals surface area contributed by atoms with Crippen molar-refractivity contribution in [2.45, 2.75) is 19.3 Å². The zero-order valence-corrected chi connectivity index (χ0v) is 18.1. The average Bonchev–Trinajstić information content (AvgIpc) is 2.71. The number of carbonyl (C=O) groups is 2. The van der Waals surface area contributed by atoms with E-state index in [9.17, 15) is 13.2 Å². The number of benzene rings is 2. The predicted molar refractivity (Wildman–Crippen MR) is 111 cm³/mol. The summed E-state index contributed by atoms with van der Waals surface area (Å²) in [6.07, 6.45) is -4.27. The van der Waals surface area contributed by atoms with E-state index in [2.05, 4.69) is 50.0 Å². The van der Waals surface area contributed by atoms with Crippen molar-refractivity contribution in [2.24, 2.45) is 0 Å².